The lowest BCUT2D eigenvalue weighted by Gasteiger charge is -2.34. The third kappa shape index (κ3) is 4.13. The van der Waals surface area contributed by atoms with Gasteiger partial charge in [-0.25, -0.2) is 0 Å². The summed E-state index contributed by atoms with van der Waals surface area (Å²) in [6, 6.07) is 9.17. The van der Waals surface area contributed by atoms with Crippen molar-refractivity contribution in [2.24, 2.45) is 0 Å². The number of ether oxygens (including phenoxy) is 1. The monoisotopic (exact) mass is 358 g/mol. The maximum atomic E-state index is 13.0. The maximum absolute atomic E-state index is 13.0. The molecule has 2 aromatic rings. The Hall–Kier alpha value is -2.06. The van der Waals surface area contributed by atoms with E-state index in [4.69, 9.17) is 4.42 Å². The number of benzene rings is 1. The lowest BCUT2D eigenvalue weighted by molar-refractivity contribution is -0.253. The van der Waals surface area contributed by atoms with Crippen LogP contribution in [0, 0.1) is 0 Å². The SMILES string of the molecule is FC(F)C(F)(F)Oc1ccc([C@@H](c2ccco2)N2CCNCC2)cc1. The van der Waals surface area contributed by atoms with Crippen molar-refractivity contribution in [3.8, 4) is 5.75 Å². The second-order valence-corrected chi connectivity index (χ2v) is 5.74. The summed E-state index contributed by atoms with van der Waals surface area (Å²) >= 11 is 0. The van der Waals surface area contributed by atoms with Gasteiger partial charge in [-0.3, -0.25) is 4.90 Å². The van der Waals surface area contributed by atoms with Gasteiger partial charge in [0, 0.05) is 26.2 Å². The van der Waals surface area contributed by atoms with Gasteiger partial charge in [0.1, 0.15) is 11.5 Å². The molecule has 3 rings (SSSR count). The van der Waals surface area contributed by atoms with E-state index in [1.165, 1.54) is 12.1 Å². The molecule has 8 heteroatoms. The van der Waals surface area contributed by atoms with Crippen molar-refractivity contribution >= 4 is 0 Å². The first-order chi connectivity index (χ1) is 12.0. The van der Waals surface area contributed by atoms with Gasteiger partial charge < -0.3 is 14.5 Å². The van der Waals surface area contributed by atoms with Crippen molar-refractivity contribution < 1.29 is 26.7 Å². The highest BCUT2D eigenvalue weighted by molar-refractivity contribution is 5.33. The second kappa shape index (κ2) is 7.45. The molecule has 1 N–H and O–H groups in total. The van der Waals surface area contributed by atoms with Gasteiger partial charge in [-0.05, 0) is 29.8 Å². The summed E-state index contributed by atoms with van der Waals surface area (Å²) in [7, 11) is 0. The van der Waals surface area contributed by atoms with E-state index in [0.717, 1.165) is 37.5 Å². The number of furan rings is 1. The minimum absolute atomic E-state index is 0.179. The van der Waals surface area contributed by atoms with Crippen LogP contribution in [0.4, 0.5) is 17.6 Å². The van der Waals surface area contributed by atoms with E-state index < -0.39 is 12.5 Å². The summed E-state index contributed by atoms with van der Waals surface area (Å²) < 4.78 is 60.1. The minimum Gasteiger partial charge on any atom is -0.467 e. The van der Waals surface area contributed by atoms with E-state index >= 15 is 0 Å². The fraction of sp³-hybridized carbons (Fsp3) is 0.412. The minimum atomic E-state index is -4.51. The number of halogens is 4. The average Bonchev–Trinajstić information content (AvgIpc) is 3.11. The van der Waals surface area contributed by atoms with E-state index in [1.807, 2.05) is 6.07 Å². The number of hydrogen-bond donors (Lipinski definition) is 1. The Balaban J connectivity index is 1.82. The number of nitrogens with zero attached hydrogens (tertiary/aromatic N) is 1. The van der Waals surface area contributed by atoms with Crippen molar-refractivity contribution in [1.82, 2.24) is 10.2 Å². The average molecular weight is 358 g/mol. The maximum Gasteiger partial charge on any atom is 0.461 e. The van der Waals surface area contributed by atoms with E-state index in [0.29, 0.717) is 0 Å². The standard InChI is InChI=1S/C17H18F4N2O2/c18-16(19)17(20,21)25-13-5-3-12(4-6-13)15(14-2-1-11-24-14)23-9-7-22-8-10-23/h1-6,11,15-16,22H,7-10H2/t15-/m0/s1. The molecule has 0 unspecified atom stereocenters. The molecule has 1 aromatic carbocycles. The number of nitrogens with one attached hydrogen (secondary N) is 1. The molecule has 0 saturated carbocycles. The van der Waals surface area contributed by atoms with E-state index in [2.05, 4.69) is 15.0 Å². The first-order valence-corrected chi connectivity index (χ1v) is 7.90. The topological polar surface area (TPSA) is 37.6 Å². The van der Waals surface area contributed by atoms with Crippen molar-refractivity contribution in [2.45, 2.75) is 18.6 Å². The highest BCUT2D eigenvalue weighted by Crippen LogP contribution is 2.32. The number of hydrogen-bond acceptors (Lipinski definition) is 4. The fourth-order valence-corrected chi connectivity index (χ4v) is 2.86. The van der Waals surface area contributed by atoms with Gasteiger partial charge in [-0.15, -0.1) is 0 Å². The van der Waals surface area contributed by atoms with Crippen molar-refractivity contribution in [3.05, 3.63) is 54.0 Å². The molecular formula is C17H18F4N2O2. The Labute approximate surface area is 142 Å². The van der Waals surface area contributed by atoms with Crippen molar-refractivity contribution in [1.29, 1.82) is 0 Å². The molecule has 1 aromatic heterocycles. The summed E-state index contributed by atoms with van der Waals surface area (Å²) in [6.07, 6.45) is -6.82. The highest BCUT2D eigenvalue weighted by atomic mass is 19.3. The van der Waals surface area contributed by atoms with Crippen LogP contribution in [0.25, 0.3) is 0 Å². The predicted octanol–water partition coefficient (Wildman–Crippen LogP) is 3.51. The molecule has 1 saturated heterocycles. The van der Waals surface area contributed by atoms with Gasteiger partial charge in [-0.1, -0.05) is 12.1 Å². The van der Waals surface area contributed by atoms with Crippen molar-refractivity contribution in [2.75, 3.05) is 26.2 Å². The second-order valence-electron chi connectivity index (χ2n) is 5.74. The smallest absolute Gasteiger partial charge is 0.461 e. The Morgan fingerprint density at radius 1 is 1.08 bits per heavy atom. The molecule has 0 radical (unpaired) electrons. The van der Waals surface area contributed by atoms with Crippen LogP contribution in [-0.2, 0) is 0 Å². The van der Waals surface area contributed by atoms with Crippen LogP contribution < -0.4 is 10.1 Å². The largest absolute Gasteiger partial charge is 0.467 e. The van der Waals surface area contributed by atoms with Crippen LogP contribution >= 0.6 is 0 Å². The zero-order valence-corrected chi connectivity index (χ0v) is 13.3. The van der Waals surface area contributed by atoms with Crippen LogP contribution in [0.2, 0.25) is 0 Å². The number of piperazine rings is 1. The van der Waals surface area contributed by atoms with Crippen LogP contribution in [-0.4, -0.2) is 43.6 Å². The van der Waals surface area contributed by atoms with E-state index in [1.54, 1.807) is 24.5 Å². The van der Waals surface area contributed by atoms with Gasteiger partial charge >= 0.3 is 12.5 Å². The third-order valence-electron chi connectivity index (χ3n) is 4.03. The number of rotatable bonds is 6. The molecule has 136 valence electrons. The lowest BCUT2D eigenvalue weighted by atomic mass is 10.0. The molecule has 0 aliphatic carbocycles. The lowest BCUT2D eigenvalue weighted by Crippen LogP contribution is -2.45. The normalized spacial score (nSPS) is 17.6. The Kier molecular flexibility index (Phi) is 5.29. The zero-order valence-electron chi connectivity index (χ0n) is 13.3. The molecule has 25 heavy (non-hydrogen) atoms. The summed E-state index contributed by atoms with van der Waals surface area (Å²) in [6.45, 7) is 3.26. The third-order valence-corrected chi connectivity index (χ3v) is 4.03. The molecule has 0 bridgehead atoms. The predicted molar refractivity (Wildman–Crippen MR) is 83.0 cm³/mol. The number of alkyl halides is 4. The first-order valence-electron chi connectivity index (χ1n) is 7.90. The summed E-state index contributed by atoms with van der Waals surface area (Å²) in [5, 5.41) is 3.27. The summed E-state index contributed by atoms with van der Waals surface area (Å²) in [4.78, 5) is 2.21. The molecule has 1 atom stereocenters. The van der Waals surface area contributed by atoms with Crippen LogP contribution in [0.5, 0.6) is 5.75 Å². The highest BCUT2D eigenvalue weighted by Gasteiger charge is 2.44. The molecule has 0 spiro atoms. The molecule has 0 amide bonds. The Morgan fingerprint density at radius 3 is 2.32 bits per heavy atom. The summed E-state index contributed by atoms with van der Waals surface area (Å²) in [5.74, 6) is 0.418. The summed E-state index contributed by atoms with van der Waals surface area (Å²) in [5.41, 5.74) is 0.810. The molecule has 2 heterocycles. The molecule has 4 nitrogen and oxygen atoms in total. The quantitative estimate of drug-likeness (QED) is 0.802. The van der Waals surface area contributed by atoms with Crippen LogP contribution in [0.3, 0.4) is 0 Å². The van der Waals surface area contributed by atoms with Crippen LogP contribution in [0.1, 0.15) is 17.4 Å². The van der Waals surface area contributed by atoms with Gasteiger partial charge in [-0.2, -0.15) is 17.6 Å². The fourth-order valence-electron chi connectivity index (χ4n) is 2.86. The van der Waals surface area contributed by atoms with Crippen LogP contribution in [0.15, 0.2) is 47.1 Å². The molecular weight excluding hydrogens is 340 g/mol. The van der Waals surface area contributed by atoms with E-state index in [-0.39, 0.29) is 11.8 Å². The van der Waals surface area contributed by atoms with Crippen molar-refractivity contribution in [3.63, 3.8) is 0 Å². The first kappa shape index (κ1) is 17.8. The Morgan fingerprint density at radius 2 is 1.76 bits per heavy atom. The zero-order chi connectivity index (χ0) is 17.9. The molecule has 1 aliphatic rings. The van der Waals surface area contributed by atoms with Gasteiger partial charge in [0.15, 0.2) is 0 Å². The molecule has 1 aliphatic heterocycles. The van der Waals surface area contributed by atoms with E-state index in [9.17, 15) is 17.6 Å². The van der Waals surface area contributed by atoms with Gasteiger partial charge in [0.25, 0.3) is 0 Å². The molecule has 1 fully saturated rings. The van der Waals surface area contributed by atoms with Gasteiger partial charge in [0.05, 0.1) is 12.3 Å². The Bertz CT molecular complexity index is 656. The van der Waals surface area contributed by atoms with Gasteiger partial charge in [0.2, 0.25) is 0 Å².